The van der Waals surface area contributed by atoms with E-state index < -0.39 is 11.7 Å². The maximum atomic E-state index is 13.8. The van der Waals surface area contributed by atoms with E-state index in [0.29, 0.717) is 17.5 Å². The monoisotopic (exact) mass is 467 g/mol. The van der Waals surface area contributed by atoms with Gasteiger partial charge in [-0.15, -0.1) is 16.8 Å². The summed E-state index contributed by atoms with van der Waals surface area (Å²) < 4.78 is 15.6. The number of nitrogens with one attached hydrogen (secondary N) is 2. The fraction of sp³-hybridized carbons (Fsp3) is 0.250. The van der Waals surface area contributed by atoms with Crippen molar-refractivity contribution in [3.8, 4) is 0 Å². The second-order valence-corrected chi connectivity index (χ2v) is 8.51. The number of nitrogens with zero attached hydrogens (tertiary/aromatic N) is 3. The van der Waals surface area contributed by atoms with E-state index in [1.807, 2.05) is 32.9 Å². The molecule has 2 amide bonds. The van der Waals surface area contributed by atoms with Crippen LogP contribution in [0.15, 0.2) is 54.2 Å². The molecule has 9 heteroatoms. The Kier molecular flexibility index (Phi) is 8.00. The van der Waals surface area contributed by atoms with Gasteiger partial charge in [-0.1, -0.05) is 47.7 Å². The number of carbonyl (C=O) groups excluding carboxylic acids is 2. The Hall–Kier alpha value is -3.46. The Morgan fingerprint density at radius 1 is 1.15 bits per heavy atom. The van der Waals surface area contributed by atoms with Gasteiger partial charge in [0.25, 0.3) is 5.91 Å². The molecule has 172 valence electrons. The molecule has 0 spiro atoms. The Balaban J connectivity index is 1.64. The first-order chi connectivity index (χ1) is 15.8. The molecule has 0 atom stereocenters. The molecule has 2 N–H and O–H groups in total. The van der Waals surface area contributed by atoms with Crippen LogP contribution in [0.1, 0.15) is 32.9 Å². The first-order valence-corrected chi connectivity index (χ1v) is 11.3. The maximum Gasteiger partial charge on any atom is 0.254 e. The molecule has 0 aliphatic carbocycles. The molecule has 7 nitrogen and oxygen atoms in total. The number of hydrogen-bond donors (Lipinski definition) is 2. The summed E-state index contributed by atoms with van der Waals surface area (Å²) in [6.45, 7) is 10.2. The standard InChI is InChI=1S/C24H26FN5O2S/c1-5-10-30-20(13-26-23(32)18-8-6-7-9-19(18)25)28-29-24(30)33-14-21(31)27-22-16(3)11-15(2)12-17(22)4/h5-9,11-12H,1,10,13-14H2,2-4H3,(H,26,32)(H,27,31). The average molecular weight is 468 g/mol. The SMILES string of the molecule is C=CCn1c(CNC(=O)c2ccccc2F)nnc1SCC(=O)Nc1c(C)cc(C)cc1C. The topological polar surface area (TPSA) is 88.9 Å². The molecular formula is C24H26FN5O2S. The number of amides is 2. The number of carbonyl (C=O) groups is 2. The summed E-state index contributed by atoms with van der Waals surface area (Å²) >= 11 is 1.24. The second kappa shape index (κ2) is 10.9. The third kappa shape index (κ3) is 6.07. The van der Waals surface area contributed by atoms with E-state index in [2.05, 4.69) is 27.4 Å². The van der Waals surface area contributed by atoms with Crippen LogP contribution in [0.25, 0.3) is 0 Å². The van der Waals surface area contributed by atoms with Crippen LogP contribution in [0.2, 0.25) is 0 Å². The lowest BCUT2D eigenvalue weighted by atomic mass is 10.1. The molecule has 0 aliphatic heterocycles. The summed E-state index contributed by atoms with van der Waals surface area (Å²) in [5.74, 6) is -0.670. The first-order valence-electron chi connectivity index (χ1n) is 10.4. The molecule has 0 aliphatic rings. The van der Waals surface area contributed by atoms with Crippen molar-refractivity contribution in [2.75, 3.05) is 11.1 Å². The molecule has 0 saturated heterocycles. The molecule has 0 bridgehead atoms. The number of thioether (sulfide) groups is 1. The van der Waals surface area contributed by atoms with Gasteiger partial charge >= 0.3 is 0 Å². The zero-order chi connectivity index (χ0) is 24.0. The van der Waals surface area contributed by atoms with Crippen LogP contribution in [0.4, 0.5) is 10.1 Å². The number of benzene rings is 2. The van der Waals surface area contributed by atoms with E-state index in [0.717, 1.165) is 22.4 Å². The maximum absolute atomic E-state index is 13.8. The van der Waals surface area contributed by atoms with E-state index in [4.69, 9.17) is 0 Å². The molecule has 3 rings (SSSR count). The molecule has 0 unspecified atom stereocenters. The van der Waals surface area contributed by atoms with Crippen molar-refractivity contribution in [2.24, 2.45) is 0 Å². The minimum atomic E-state index is -0.594. The molecule has 0 saturated carbocycles. The van der Waals surface area contributed by atoms with Crippen LogP contribution in [0.3, 0.4) is 0 Å². The van der Waals surface area contributed by atoms with Crippen molar-refractivity contribution in [1.82, 2.24) is 20.1 Å². The summed E-state index contributed by atoms with van der Waals surface area (Å²) in [6, 6.07) is 9.81. The normalized spacial score (nSPS) is 10.7. The highest BCUT2D eigenvalue weighted by molar-refractivity contribution is 7.99. The highest BCUT2D eigenvalue weighted by Crippen LogP contribution is 2.23. The Morgan fingerprint density at radius 2 is 1.85 bits per heavy atom. The molecular weight excluding hydrogens is 441 g/mol. The minimum Gasteiger partial charge on any atom is -0.345 e. The van der Waals surface area contributed by atoms with E-state index in [1.54, 1.807) is 16.7 Å². The van der Waals surface area contributed by atoms with Gasteiger partial charge in [0.15, 0.2) is 11.0 Å². The van der Waals surface area contributed by atoms with Crippen LogP contribution >= 0.6 is 11.8 Å². The molecule has 1 heterocycles. The smallest absolute Gasteiger partial charge is 0.254 e. The van der Waals surface area contributed by atoms with Gasteiger partial charge in [0, 0.05) is 12.2 Å². The average Bonchev–Trinajstić information content (AvgIpc) is 3.15. The second-order valence-electron chi connectivity index (χ2n) is 7.57. The summed E-state index contributed by atoms with van der Waals surface area (Å²) in [4.78, 5) is 24.8. The van der Waals surface area contributed by atoms with E-state index in [1.165, 1.54) is 30.0 Å². The van der Waals surface area contributed by atoms with E-state index >= 15 is 0 Å². The van der Waals surface area contributed by atoms with E-state index in [9.17, 15) is 14.0 Å². The van der Waals surface area contributed by atoms with Crippen molar-refractivity contribution in [3.63, 3.8) is 0 Å². The summed E-state index contributed by atoms with van der Waals surface area (Å²) in [6.07, 6.45) is 1.68. The third-order valence-electron chi connectivity index (χ3n) is 4.90. The van der Waals surface area contributed by atoms with Gasteiger partial charge in [0.2, 0.25) is 5.91 Å². The number of halogens is 1. The van der Waals surface area contributed by atoms with Crippen molar-refractivity contribution in [1.29, 1.82) is 0 Å². The molecule has 1 aromatic heterocycles. The van der Waals surface area contributed by atoms with Crippen LogP contribution in [0.5, 0.6) is 0 Å². The van der Waals surface area contributed by atoms with Gasteiger partial charge in [0.1, 0.15) is 5.82 Å². The fourth-order valence-corrected chi connectivity index (χ4v) is 4.22. The molecule has 0 fully saturated rings. The quantitative estimate of drug-likeness (QED) is 0.364. The predicted octanol–water partition coefficient (Wildman–Crippen LogP) is 4.19. The van der Waals surface area contributed by atoms with Gasteiger partial charge < -0.3 is 15.2 Å². The lowest BCUT2D eigenvalue weighted by Gasteiger charge is -2.13. The van der Waals surface area contributed by atoms with Crippen LogP contribution < -0.4 is 10.6 Å². The van der Waals surface area contributed by atoms with Gasteiger partial charge in [-0.2, -0.15) is 0 Å². The predicted molar refractivity (Wildman–Crippen MR) is 128 cm³/mol. The molecule has 2 aromatic carbocycles. The number of aromatic nitrogens is 3. The van der Waals surface area contributed by atoms with Crippen molar-refractivity contribution in [3.05, 3.63) is 82.9 Å². The summed E-state index contributed by atoms with van der Waals surface area (Å²) in [7, 11) is 0. The third-order valence-corrected chi connectivity index (χ3v) is 5.87. The minimum absolute atomic E-state index is 0.0414. The number of allylic oxidation sites excluding steroid dienone is 1. The van der Waals surface area contributed by atoms with Gasteiger partial charge in [0.05, 0.1) is 17.9 Å². The van der Waals surface area contributed by atoms with Gasteiger partial charge in [-0.25, -0.2) is 4.39 Å². The lowest BCUT2D eigenvalue weighted by molar-refractivity contribution is -0.113. The fourth-order valence-electron chi connectivity index (χ4n) is 3.45. The highest BCUT2D eigenvalue weighted by Gasteiger charge is 2.17. The van der Waals surface area contributed by atoms with Crippen molar-refractivity contribution < 1.29 is 14.0 Å². The molecule has 3 aromatic rings. The van der Waals surface area contributed by atoms with E-state index in [-0.39, 0.29) is 23.8 Å². The lowest BCUT2D eigenvalue weighted by Crippen LogP contribution is -2.25. The summed E-state index contributed by atoms with van der Waals surface area (Å²) in [5.41, 5.74) is 3.93. The van der Waals surface area contributed by atoms with Gasteiger partial charge in [-0.05, 0) is 44.0 Å². The largest absolute Gasteiger partial charge is 0.345 e. The number of aryl methyl sites for hydroxylation is 3. The zero-order valence-electron chi connectivity index (χ0n) is 18.8. The highest BCUT2D eigenvalue weighted by atomic mass is 32.2. The Morgan fingerprint density at radius 3 is 2.52 bits per heavy atom. The number of rotatable bonds is 9. The van der Waals surface area contributed by atoms with Crippen molar-refractivity contribution in [2.45, 2.75) is 39.0 Å². The van der Waals surface area contributed by atoms with Gasteiger partial charge in [-0.3, -0.25) is 9.59 Å². The van der Waals surface area contributed by atoms with Crippen LogP contribution in [-0.4, -0.2) is 32.3 Å². The molecule has 0 radical (unpaired) electrons. The Labute approximate surface area is 196 Å². The number of hydrogen-bond acceptors (Lipinski definition) is 5. The summed E-state index contributed by atoms with van der Waals surface area (Å²) in [5, 5.41) is 14.4. The van der Waals surface area contributed by atoms with Crippen molar-refractivity contribution >= 4 is 29.3 Å². The number of anilines is 1. The zero-order valence-corrected chi connectivity index (χ0v) is 19.6. The molecule has 33 heavy (non-hydrogen) atoms. The Bertz CT molecular complexity index is 1170. The van der Waals surface area contributed by atoms with Crippen LogP contribution in [0, 0.1) is 26.6 Å². The first kappa shape index (κ1) is 24.2. The van der Waals surface area contributed by atoms with Crippen LogP contribution in [-0.2, 0) is 17.9 Å².